The second-order valence-corrected chi connectivity index (χ2v) is 5.78. The summed E-state index contributed by atoms with van der Waals surface area (Å²) >= 11 is 0. The molecule has 2 nitrogen and oxygen atoms in total. The largest absolute Gasteiger partial charge is 0.396 e. The first-order valence-corrected chi connectivity index (χ1v) is 7.11. The molecule has 1 aliphatic heterocycles. The van der Waals surface area contributed by atoms with E-state index in [0.717, 1.165) is 13.1 Å². The summed E-state index contributed by atoms with van der Waals surface area (Å²) in [7, 11) is 0. The Hall–Kier alpha value is -0.860. The van der Waals surface area contributed by atoms with Gasteiger partial charge in [0.2, 0.25) is 0 Å². The minimum Gasteiger partial charge on any atom is -0.396 e. The minimum absolute atomic E-state index is 0.336. The maximum absolute atomic E-state index is 9.29. The fraction of sp³-hybridized carbons (Fsp3) is 0.625. The van der Waals surface area contributed by atoms with Gasteiger partial charge in [0.15, 0.2) is 0 Å². The van der Waals surface area contributed by atoms with Gasteiger partial charge in [-0.25, -0.2) is 0 Å². The maximum atomic E-state index is 9.29. The van der Waals surface area contributed by atoms with Gasteiger partial charge in [0, 0.05) is 19.7 Å². The molecule has 1 heterocycles. The van der Waals surface area contributed by atoms with E-state index >= 15 is 0 Å². The topological polar surface area (TPSA) is 23.5 Å². The van der Waals surface area contributed by atoms with E-state index in [0.29, 0.717) is 18.4 Å². The third kappa shape index (κ3) is 3.33. The van der Waals surface area contributed by atoms with Crippen LogP contribution in [-0.4, -0.2) is 29.7 Å². The Morgan fingerprint density at radius 1 is 1.33 bits per heavy atom. The highest BCUT2D eigenvalue weighted by Crippen LogP contribution is 2.23. The minimum atomic E-state index is 0.336. The standard InChI is InChI=1S/C16H25NO/c1-13(2)16-8-4-3-7-15(16)11-17-9-5-6-14(10-17)12-18/h3-4,7-8,13-14,18H,5-6,9-12H2,1-2H3. The van der Waals surface area contributed by atoms with Gasteiger partial charge in [-0.15, -0.1) is 0 Å². The molecule has 0 bridgehead atoms. The van der Waals surface area contributed by atoms with E-state index in [9.17, 15) is 5.11 Å². The summed E-state index contributed by atoms with van der Waals surface area (Å²) in [5.41, 5.74) is 2.91. The Balaban J connectivity index is 2.04. The average molecular weight is 247 g/mol. The highest BCUT2D eigenvalue weighted by atomic mass is 16.3. The molecule has 0 aliphatic carbocycles. The third-order valence-electron chi connectivity index (χ3n) is 3.93. The molecule has 0 aromatic heterocycles. The number of piperidine rings is 1. The lowest BCUT2D eigenvalue weighted by Crippen LogP contribution is -2.36. The van der Waals surface area contributed by atoms with Gasteiger partial charge in [-0.1, -0.05) is 38.1 Å². The molecule has 1 atom stereocenters. The fourth-order valence-corrected chi connectivity index (χ4v) is 2.93. The SMILES string of the molecule is CC(C)c1ccccc1CN1CCCC(CO)C1. The molecule has 1 aliphatic rings. The van der Waals surface area contributed by atoms with Gasteiger partial charge in [0.05, 0.1) is 0 Å². The van der Waals surface area contributed by atoms with E-state index in [-0.39, 0.29) is 0 Å². The zero-order valence-corrected chi connectivity index (χ0v) is 11.6. The van der Waals surface area contributed by atoms with Crippen LogP contribution in [0, 0.1) is 5.92 Å². The van der Waals surface area contributed by atoms with Crippen molar-refractivity contribution in [3.63, 3.8) is 0 Å². The summed E-state index contributed by atoms with van der Waals surface area (Å²) in [5.74, 6) is 1.06. The lowest BCUT2D eigenvalue weighted by molar-refractivity contribution is 0.115. The first kappa shape index (κ1) is 13.6. The molecule has 2 heteroatoms. The van der Waals surface area contributed by atoms with Crippen molar-refractivity contribution in [1.29, 1.82) is 0 Å². The normalized spacial score (nSPS) is 21.4. The third-order valence-corrected chi connectivity index (χ3v) is 3.93. The predicted octanol–water partition coefficient (Wildman–Crippen LogP) is 3.01. The molecular formula is C16H25NO. The number of likely N-dealkylation sites (tertiary alicyclic amines) is 1. The van der Waals surface area contributed by atoms with Crippen LogP contribution >= 0.6 is 0 Å². The van der Waals surface area contributed by atoms with Crippen LogP contribution in [0.15, 0.2) is 24.3 Å². The van der Waals surface area contributed by atoms with Crippen LogP contribution in [0.5, 0.6) is 0 Å². The number of aliphatic hydroxyl groups is 1. The number of nitrogens with zero attached hydrogens (tertiary/aromatic N) is 1. The molecule has 100 valence electrons. The lowest BCUT2D eigenvalue weighted by Gasteiger charge is -2.32. The van der Waals surface area contributed by atoms with Crippen molar-refractivity contribution in [2.24, 2.45) is 5.92 Å². The Morgan fingerprint density at radius 2 is 2.11 bits per heavy atom. The summed E-state index contributed by atoms with van der Waals surface area (Å²) in [6, 6.07) is 8.76. The van der Waals surface area contributed by atoms with Crippen LogP contribution in [0.25, 0.3) is 0 Å². The quantitative estimate of drug-likeness (QED) is 0.884. The van der Waals surface area contributed by atoms with Crippen molar-refractivity contribution < 1.29 is 5.11 Å². The van der Waals surface area contributed by atoms with Gasteiger partial charge in [0.1, 0.15) is 0 Å². The van der Waals surface area contributed by atoms with Gasteiger partial charge >= 0.3 is 0 Å². The fourth-order valence-electron chi connectivity index (χ4n) is 2.93. The van der Waals surface area contributed by atoms with Gasteiger partial charge in [-0.3, -0.25) is 4.90 Å². The molecule has 0 amide bonds. The molecule has 2 rings (SSSR count). The molecular weight excluding hydrogens is 222 g/mol. The lowest BCUT2D eigenvalue weighted by atomic mass is 9.95. The first-order chi connectivity index (χ1) is 8.70. The van der Waals surface area contributed by atoms with Crippen molar-refractivity contribution in [1.82, 2.24) is 4.90 Å². The molecule has 1 N–H and O–H groups in total. The van der Waals surface area contributed by atoms with Crippen molar-refractivity contribution in [2.75, 3.05) is 19.7 Å². The summed E-state index contributed by atoms with van der Waals surface area (Å²) in [6.07, 6.45) is 2.40. The van der Waals surface area contributed by atoms with Crippen LogP contribution in [0.3, 0.4) is 0 Å². The maximum Gasteiger partial charge on any atom is 0.0471 e. The molecule has 0 radical (unpaired) electrons. The Morgan fingerprint density at radius 3 is 2.83 bits per heavy atom. The van der Waals surface area contributed by atoms with Crippen LogP contribution in [0.2, 0.25) is 0 Å². The zero-order valence-electron chi connectivity index (χ0n) is 11.6. The molecule has 1 saturated heterocycles. The molecule has 18 heavy (non-hydrogen) atoms. The van der Waals surface area contributed by atoms with E-state index in [2.05, 4.69) is 43.0 Å². The van der Waals surface area contributed by atoms with E-state index < -0.39 is 0 Å². The number of hydrogen-bond donors (Lipinski definition) is 1. The van der Waals surface area contributed by atoms with Crippen molar-refractivity contribution >= 4 is 0 Å². The first-order valence-electron chi connectivity index (χ1n) is 7.11. The molecule has 0 saturated carbocycles. The predicted molar refractivity (Wildman–Crippen MR) is 75.6 cm³/mol. The van der Waals surface area contributed by atoms with Crippen LogP contribution < -0.4 is 0 Å². The van der Waals surface area contributed by atoms with Crippen LogP contribution in [0.4, 0.5) is 0 Å². The monoisotopic (exact) mass is 247 g/mol. The average Bonchev–Trinajstić information content (AvgIpc) is 2.39. The van der Waals surface area contributed by atoms with Gasteiger partial charge in [-0.2, -0.15) is 0 Å². The summed E-state index contributed by atoms with van der Waals surface area (Å²) < 4.78 is 0. The van der Waals surface area contributed by atoms with Crippen LogP contribution in [-0.2, 0) is 6.54 Å². The van der Waals surface area contributed by atoms with E-state index in [1.54, 1.807) is 0 Å². The number of aliphatic hydroxyl groups excluding tert-OH is 1. The van der Waals surface area contributed by atoms with E-state index in [1.165, 1.54) is 30.5 Å². The number of benzene rings is 1. The zero-order chi connectivity index (χ0) is 13.0. The smallest absolute Gasteiger partial charge is 0.0471 e. The summed E-state index contributed by atoms with van der Waals surface area (Å²) in [6.45, 7) is 8.09. The number of hydrogen-bond acceptors (Lipinski definition) is 2. The number of rotatable bonds is 4. The highest BCUT2D eigenvalue weighted by molar-refractivity contribution is 5.29. The van der Waals surface area contributed by atoms with Crippen molar-refractivity contribution in [2.45, 2.75) is 39.2 Å². The highest BCUT2D eigenvalue weighted by Gasteiger charge is 2.20. The van der Waals surface area contributed by atoms with Gasteiger partial charge < -0.3 is 5.11 Å². The molecule has 1 unspecified atom stereocenters. The molecule has 1 aromatic carbocycles. The Kier molecular flexibility index (Phi) is 4.79. The Labute approximate surface area is 111 Å². The van der Waals surface area contributed by atoms with Crippen LogP contribution in [0.1, 0.15) is 43.7 Å². The van der Waals surface area contributed by atoms with Crippen molar-refractivity contribution in [3.8, 4) is 0 Å². The van der Waals surface area contributed by atoms with E-state index in [1.807, 2.05) is 0 Å². The summed E-state index contributed by atoms with van der Waals surface area (Å²) in [4.78, 5) is 2.49. The van der Waals surface area contributed by atoms with E-state index in [4.69, 9.17) is 0 Å². The molecule has 1 fully saturated rings. The second-order valence-electron chi connectivity index (χ2n) is 5.78. The summed E-state index contributed by atoms with van der Waals surface area (Å²) in [5, 5.41) is 9.29. The van der Waals surface area contributed by atoms with Crippen molar-refractivity contribution in [3.05, 3.63) is 35.4 Å². The molecule has 0 spiro atoms. The Bertz CT molecular complexity index is 375. The van der Waals surface area contributed by atoms with Gasteiger partial charge in [-0.05, 0) is 42.3 Å². The second kappa shape index (κ2) is 6.35. The van der Waals surface area contributed by atoms with Gasteiger partial charge in [0.25, 0.3) is 0 Å². The molecule has 1 aromatic rings.